The maximum absolute atomic E-state index is 13.1. The van der Waals surface area contributed by atoms with Gasteiger partial charge in [0.25, 0.3) is 11.8 Å². The number of hydrogen-bond acceptors (Lipinski definition) is 4. The van der Waals surface area contributed by atoms with Crippen molar-refractivity contribution in [2.75, 3.05) is 23.8 Å². The number of halogens is 2. The van der Waals surface area contributed by atoms with Crippen molar-refractivity contribution in [3.8, 4) is 11.5 Å². The number of anilines is 2. The Morgan fingerprint density at radius 3 is 1.47 bits per heavy atom. The molecule has 0 saturated carbocycles. The van der Waals surface area contributed by atoms with Crippen molar-refractivity contribution < 1.29 is 19.1 Å². The molecular formula is C24H22Cl2N2O4. The van der Waals surface area contributed by atoms with Gasteiger partial charge in [0, 0.05) is 0 Å². The second-order valence-electron chi connectivity index (χ2n) is 6.58. The van der Waals surface area contributed by atoms with E-state index < -0.39 is 11.8 Å². The van der Waals surface area contributed by atoms with Crippen molar-refractivity contribution in [2.24, 2.45) is 0 Å². The number of amides is 2. The van der Waals surface area contributed by atoms with Crippen LogP contribution in [-0.4, -0.2) is 25.0 Å². The third-order valence-electron chi connectivity index (χ3n) is 4.42. The van der Waals surface area contributed by atoms with Gasteiger partial charge in [-0.25, -0.2) is 0 Å². The third kappa shape index (κ3) is 5.52. The summed E-state index contributed by atoms with van der Waals surface area (Å²) in [5, 5.41) is 5.87. The minimum atomic E-state index is -0.529. The molecule has 3 aromatic carbocycles. The van der Waals surface area contributed by atoms with Crippen molar-refractivity contribution >= 4 is 46.4 Å². The van der Waals surface area contributed by atoms with Gasteiger partial charge in [-0.1, -0.05) is 47.5 Å². The number of carbonyl (C=O) groups excluding carboxylic acids is 2. The summed E-state index contributed by atoms with van der Waals surface area (Å²) in [5.41, 5.74) is 1.08. The van der Waals surface area contributed by atoms with Crippen LogP contribution in [0.5, 0.6) is 11.5 Å². The Morgan fingerprint density at radius 1 is 0.719 bits per heavy atom. The Morgan fingerprint density at radius 2 is 1.09 bits per heavy atom. The van der Waals surface area contributed by atoms with Gasteiger partial charge in [0.05, 0.1) is 45.8 Å². The largest absolute Gasteiger partial charge is 0.492 e. The molecule has 3 aromatic rings. The minimum Gasteiger partial charge on any atom is -0.492 e. The van der Waals surface area contributed by atoms with E-state index in [0.29, 0.717) is 36.1 Å². The van der Waals surface area contributed by atoms with Gasteiger partial charge in [-0.2, -0.15) is 0 Å². The van der Waals surface area contributed by atoms with E-state index in [1.54, 1.807) is 48.5 Å². The maximum Gasteiger partial charge on any atom is 0.256 e. The van der Waals surface area contributed by atoms with Crippen LogP contribution in [-0.2, 0) is 0 Å². The number of nitrogens with one attached hydrogen (secondary N) is 2. The fraction of sp³-hybridized carbons (Fsp3) is 0.167. The predicted octanol–water partition coefficient (Wildman–Crippen LogP) is 6.30. The zero-order chi connectivity index (χ0) is 23.1. The van der Waals surface area contributed by atoms with Crippen molar-refractivity contribution in [1.82, 2.24) is 0 Å². The average molecular weight is 473 g/mol. The lowest BCUT2D eigenvalue weighted by Crippen LogP contribution is -2.21. The van der Waals surface area contributed by atoms with Gasteiger partial charge in [-0.3, -0.25) is 9.59 Å². The molecular weight excluding hydrogens is 451 g/mol. The minimum absolute atomic E-state index is 0.0668. The summed E-state index contributed by atoms with van der Waals surface area (Å²) in [7, 11) is 0. The van der Waals surface area contributed by atoms with Crippen LogP contribution in [0.25, 0.3) is 0 Å². The summed E-state index contributed by atoms with van der Waals surface area (Å²) in [6.45, 7) is 4.57. The Bertz CT molecular complexity index is 1050. The quantitative estimate of drug-likeness (QED) is 0.403. The highest BCUT2D eigenvalue weighted by Crippen LogP contribution is 2.30. The lowest BCUT2D eigenvalue weighted by Gasteiger charge is -2.15. The van der Waals surface area contributed by atoms with Crippen molar-refractivity contribution in [3.63, 3.8) is 0 Å². The van der Waals surface area contributed by atoms with Gasteiger partial charge in [0.1, 0.15) is 11.5 Å². The lowest BCUT2D eigenvalue weighted by atomic mass is 10.1. The van der Waals surface area contributed by atoms with Crippen LogP contribution >= 0.6 is 23.2 Å². The number of carbonyl (C=O) groups is 2. The molecule has 0 aliphatic heterocycles. The van der Waals surface area contributed by atoms with Crippen LogP contribution in [0.15, 0.2) is 60.7 Å². The number of hydrogen-bond donors (Lipinski definition) is 2. The van der Waals surface area contributed by atoms with Gasteiger partial charge in [-0.05, 0) is 50.2 Å². The Labute approximate surface area is 196 Å². The number of para-hydroxylation sites is 4. The Kier molecular flexibility index (Phi) is 7.98. The molecule has 8 heteroatoms. The molecule has 0 aromatic heterocycles. The fourth-order valence-electron chi connectivity index (χ4n) is 3.00. The molecule has 32 heavy (non-hydrogen) atoms. The van der Waals surface area contributed by atoms with Crippen LogP contribution in [0.3, 0.4) is 0 Å². The third-order valence-corrected chi connectivity index (χ3v) is 5.14. The van der Waals surface area contributed by atoms with E-state index in [2.05, 4.69) is 10.6 Å². The topological polar surface area (TPSA) is 76.7 Å². The number of rotatable bonds is 8. The Hall–Kier alpha value is -3.22. The highest BCUT2D eigenvalue weighted by atomic mass is 35.5. The van der Waals surface area contributed by atoms with E-state index in [1.165, 1.54) is 12.1 Å². The summed E-state index contributed by atoms with van der Waals surface area (Å²) in [4.78, 5) is 26.2. The van der Waals surface area contributed by atoms with E-state index in [4.69, 9.17) is 32.7 Å². The number of benzene rings is 3. The zero-order valence-corrected chi connectivity index (χ0v) is 19.1. The molecule has 2 amide bonds. The van der Waals surface area contributed by atoms with Gasteiger partial charge in [-0.15, -0.1) is 0 Å². The molecule has 166 valence electrons. The first-order chi connectivity index (χ1) is 15.4. The first-order valence-electron chi connectivity index (χ1n) is 10.00. The van der Waals surface area contributed by atoms with Crippen LogP contribution in [0.4, 0.5) is 11.4 Å². The summed E-state index contributed by atoms with van der Waals surface area (Å²) >= 11 is 12.3. The molecule has 0 heterocycles. The molecule has 0 fully saturated rings. The van der Waals surface area contributed by atoms with E-state index in [-0.39, 0.29) is 21.2 Å². The molecule has 0 spiro atoms. The van der Waals surface area contributed by atoms with Gasteiger partial charge in [0.15, 0.2) is 0 Å². The molecule has 2 N–H and O–H groups in total. The summed E-state index contributed by atoms with van der Waals surface area (Å²) in [6, 6.07) is 16.8. The SMILES string of the molecule is CCOc1ccccc1NC(=O)c1cc(Cl)c(Cl)cc1C(=O)Nc1ccccc1OCC. The normalized spacial score (nSPS) is 10.4. The van der Waals surface area contributed by atoms with Crippen molar-refractivity contribution in [1.29, 1.82) is 0 Å². The first-order valence-corrected chi connectivity index (χ1v) is 10.8. The molecule has 0 bridgehead atoms. The van der Waals surface area contributed by atoms with Crippen LogP contribution < -0.4 is 20.1 Å². The van der Waals surface area contributed by atoms with Crippen LogP contribution in [0.1, 0.15) is 34.6 Å². The Balaban J connectivity index is 1.94. The van der Waals surface area contributed by atoms with Crippen LogP contribution in [0, 0.1) is 0 Å². The summed E-state index contributed by atoms with van der Waals surface area (Å²) < 4.78 is 11.1. The monoisotopic (exact) mass is 472 g/mol. The first kappa shape index (κ1) is 23.4. The standard InChI is InChI=1S/C24H22Cl2N2O4/c1-3-31-21-11-7-5-9-19(21)27-23(29)15-13-17(25)18(26)14-16(15)24(30)28-20-10-6-8-12-22(20)32-4-2/h5-14H,3-4H2,1-2H3,(H,27,29)(H,28,30). The van der Waals surface area contributed by atoms with E-state index in [0.717, 1.165) is 0 Å². The van der Waals surface area contributed by atoms with Crippen molar-refractivity contribution in [3.05, 3.63) is 81.8 Å². The van der Waals surface area contributed by atoms with E-state index in [9.17, 15) is 9.59 Å². The predicted molar refractivity (Wildman–Crippen MR) is 128 cm³/mol. The lowest BCUT2D eigenvalue weighted by molar-refractivity contribution is 0.0990. The fourth-order valence-corrected chi connectivity index (χ4v) is 3.33. The number of ether oxygens (including phenoxy) is 2. The molecule has 0 aliphatic carbocycles. The molecule has 3 rings (SSSR count). The summed E-state index contributed by atoms with van der Waals surface area (Å²) in [5.74, 6) is -0.0296. The van der Waals surface area contributed by atoms with Gasteiger partial charge < -0.3 is 20.1 Å². The van der Waals surface area contributed by atoms with Gasteiger partial charge in [0.2, 0.25) is 0 Å². The molecule has 0 radical (unpaired) electrons. The van der Waals surface area contributed by atoms with E-state index >= 15 is 0 Å². The zero-order valence-electron chi connectivity index (χ0n) is 17.6. The molecule has 0 saturated heterocycles. The highest BCUT2D eigenvalue weighted by molar-refractivity contribution is 6.42. The van der Waals surface area contributed by atoms with Gasteiger partial charge >= 0.3 is 0 Å². The second kappa shape index (κ2) is 10.9. The molecule has 0 unspecified atom stereocenters. The van der Waals surface area contributed by atoms with Crippen LogP contribution in [0.2, 0.25) is 10.0 Å². The maximum atomic E-state index is 13.1. The highest BCUT2D eigenvalue weighted by Gasteiger charge is 2.22. The van der Waals surface area contributed by atoms with Crippen molar-refractivity contribution in [2.45, 2.75) is 13.8 Å². The molecule has 6 nitrogen and oxygen atoms in total. The molecule has 0 atom stereocenters. The average Bonchev–Trinajstić information content (AvgIpc) is 2.78. The molecule has 0 aliphatic rings. The second-order valence-corrected chi connectivity index (χ2v) is 7.39. The van der Waals surface area contributed by atoms with E-state index in [1.807, 2.05) is 13.8 Å². The summed E-state index contributed by atoms with van der Waals surface area (Å²) in [6.07, 6.45) is 0. The smallest absolute Gasteiger partial charge is 0.256 e.